The molecule has 3 nitrogen and oxygen atoms in total. The summed E-state index contributed by atoms with van der Waals surface area (Å²) in [5.74, 6) is -0.726. The fourth-order valence-corrected chi connectivity index (χ4v) is 2.50. The van der Waals surface area contributed by atoms with Gasteiger partial charge in [0, 0.05) is 15.9 Å². The topological polar surface area (TPSA) is 55.1 Å². The summed E-state index contributed by atoms with van der Waals surface area (Å²) >= 11 is 3.12. The lowest BCUT2D eigenvalue weighted by Gasteiger charge is -2.14. The number of halogens is 4. The molecule has 0 aliphatic heterocycles. The smallest absolute Gasteiger partial charge is 0.324 e. The average Bonchev–Trinajstić information content (AvgIpc) is 2.30. The molecule has 3 N–H and O–H groups in total. The summed E-state index contributed by atoms with van der Waals surface area (Å²) in [5.41, 5.74) is 2.71. The van der Waals surface area contributed by atoms with E-state index in [9.17, 15) is 18.0 Å². The van der Waals surface area contributed by atoms with E-state index >= 15 is 0 Å². The number of carbonyl (C=O) groups is 1. The van der Waals surface area contributed by atoms with Crippen LogP contribution in [0.25, 0.3) is 0 Å². The summed E-state index contributed by atoms with van der Waals surface area (Å²) in [6.07, 6.45) is -0.0361. The summed E-state index contributed by atoms with van der Waals surface area (Å²) in [4.78, 5) is 11.8. The third-order valence-electron chi connectivity index (χ3n) is 2.48. The Morgan fingerprint density at radius 2 is 2.15 bits per heavy atom. The quantitative estimate of drug-likeness (QED) is 0.831. The summed E-state index contributed by atoms with van der Waals surface area (Å²) in [7, 11) is 0. The first kappa shape index (κ1) is 17.3. The summed E-state index contributed by atoms with van der Waals surface area (Å²) in [5, 5.41) is 2.61. The van der Waals surface area contributed by atoms with Crippen molar-refractivity contribution in [2.45, 2.75) is 24.9 Å². The maximum atomic E-state index is 12.0. The van der Waals surface area contributed by atoms with Crippen LogP contribution < -0.4 is 11.1 Å². The van der Waals surface area contributed by atoms with Crippen LogP contribution in [0.5, 0.6) is 0 Å². The summed E-state index contributed by atoms with van der Waals surface area (Å²) in [6, 6.07) is 4.32. The second-order valence-corrected chi connectivity index (χ2v) is 6.21. The largest absolute Gasteiger partial charge is 0.441 e. The van der Waals surface area contributed by atoms with Crippen LogP contribution in [-0.2, 0) is 4.79 Å². The lowest BCUT2D eigenvalue weighted by atomic mass is 10.1. The zero-order valence-electron chi connectivity index (χ0n) is 10.6. The lowest BCUT2D eigenvalue weighted by Crippen LogP contribution is -2.36. The number of aryl methyl sites for hydroxylation is 1. The molecule has 1 rings (SSSR count). The number of anilines is 1. The minimum Gasteiger partial charge on any atom is -0.324 e. The van der Waals surface area contributed by atoms with E-state index < -0.39 is 17.5 Å². The van der Waals surface area contributed by atoms with Gasteiger partial charge in [0.2, 0.25) is 5.91 Å². The summed E-state index contributed by atoms with van der Waals surface area (Å²) < 4.78 is 36.8. The lowest BCUT2D eigenvalue weighted by molar-refractivity contribution is -0.117. The van der Waals surface area contributed by atoms with E-state index in [-0.39, 0.29) is 23.9 Å². The van der Waals surface area contributed by atoms with E-state index in [1.807, 2.05) is 13.0 Å². The molecule has 1 aromatic carbocycles. The number of alkyl halides is 3. The molecule has 0 bridgehead atoms. The Kier molecular flexibility index (Phi) is 6.35. The van der Waals surface area contributed by atoms with Gasteiger partial charge < -0.3 is 11.1 Å². The molecule has 0 aliphatic carbocycles. The molecule has 0 saturated carbocycles. The van der Waals surface area contributed by atoms with Crippen molar-refractivity contribution in [3.8, 4) is 0 Å². The molecule has 0 heterocycles. The normalized spacial score (nSPS) is 13.1. The van der Waals surface area contributed by atoms with Gasteiger partial charge >= 0.3 is 5.51 Å². The molecule has 0 unspecified atom stereocenters. The standard InChI is InChI=1S/C12H14BrF3N2OS/c1-7-6-8(13)2-3-10(7)18-11(19)9(17)4-5-20-12(14,15)16/h2-3,6,9H,4-5,17H2,1H3,(H,18,19)/t9-/m0/s1. The first-order chi connectivity index (χ1) is 9.19. The zero-order chi connectivity index (χ0) is 15.3. The Morgan fingerprint density at radius 1 is 1.50 bits per heavy atom. The maximum absolute atomic E-state index is 12.0. The molecule has 0 saturated heterocycles. The molecular formula is C12H14BrF3N2OS. The van der Waals surface area contributed by atoms with Crippen molar-refractivity contribution in [3.63, 3.8) is 0 Å². The Hall–Kier alpha value is -0.730. The third-order valence-corrected chi connectivity index (χ3v) is 3.74. The second-order valence-electron chi connectivity index (χ2n) is 4.14. The van der Waals surface area contributed by atoms with E-state index in [1.165, 1.54) is 0 Å². The van der Waals surface area contributed by atoms with Gasteiger partial charge in [0.05, 0.1) is 6.04 Å². The van der Waals surface area contributed by atoms with Crippen LogP contribution in [0.15, 0.2) is 22.7 Å². The minimum absolute atomic E-state index is 0.0361. The van der Waals surface area contributed by atoms with Crippen molar-refractivity contribution in [2.75, 3.05) is 11.1 Å². The molecule has 0 aliphatic rings. The average molecular weight is 371 g/mol. The van der Waals surface area contributed by atoms with Crippen molar-refractivity contribution < 1.29 is 18.0 Å². The SMILES string of the molecule is Cc1cc(Br)ccc1NC(=O)[C@@H](N)CCSC(F)(F)F. The van der Waals surface area contributed by atoms with Gasteiger partial charge in [-0.25, -0.2) is 0 Å². The van der Waals surface area contributed by atoms with Crippen LogP contribution in [0.1, 0.15) is 12.0 Å². The third kappa shape index (κ3) is 6.15. The van der Waals surface area contributed by atoms with E-state index in [0.717, 1.165) is 10.0 Å². The highest BCUT2D eigenvalue weighted by atomic mass is 79.9. The van der Waals surface area contributed by atoms with Crippen LogP contribution in [-0.4, -0.2) is 23.2 Å². The number of benzene rings is 1. The molecule has 0 fully saturated rings. The van der Waals surface area contributed by atoms with E-state index in [2.05, 4.69) is 21.2 Å². The van der Waals surface area contributed by atoms with Crippen LogP contribution in [0.2, 0.25) is 0 Å². The number of hydrogen-bond donors (Lipinski definition) is 2. The number of rotatable bonds is 5. The molecule has 0 radical (unpaired) electrons. The number of thioether (sulfide) groups is 1. The Bertz CT molecular complexity index is 482. The number of hydrogen-bond acceptors (Lipinski definition) is 3. The molecular weight excluding hydrogens is 357 g/mol. The van der Waals surface area contributed by atoms with Gasteiger partial charge in [-0.2, -0.15) is 13.2 Å². The second kappa shape index (κ2) is 7.33. The Morgan fingerprint density at radius 3 is 2.70 bits per heavy atom. The van der Waals surface area contributed by atoms with Crippen LogP contribution in [0.3, 0.4) is 0 Å². The number of nitrogens with two attached hydrogens (primary N) is 1. The van der Waals surface area contributed by atoms with Crippen molar-refractivity contribution in [1.29, 1.82) is 0 Å². The van der Waals surface area contributed by atoms with E-state index in [1.54, 1.807) is 12.1 Å². The minimum atomic E-state index is -4.29. The fourth-order valence-electron chi connectivity index (χ4n) is 1.43. The molecule has 112 valence electrons. The van der Waals surface area contributed by atoms with Gasteiger partial charge in [-0.05, 0) is 37.1 Å². The van der Waals surface area contributed by atoms with Crippen molar-refractivity contribution in [2.24, 2.45) is 5.73 Å². The Labute approximate surface area is 127 Å². The number of nitrogens with one attached hydrogen (secondary N) is 1. The van der Waals surface area contributed by atoms with Crippen LogP contribution >= 0.6 is 27.7 Å². The maximum Gasteiger partial charge on any atom is 0.441 e. The molecule has 1 amide bonds. The highest BCUT2D eigenvalue weighted by molar-refractivity contribution is 9.10. The monoisotopic (exact) mass is 370 g/mol. The molecule has 1 atom stereocenters. The van der Waals surface area contributed by atoms with Crippen molar-refractivity contribution in [1.82, 2.24) is 0 Å². The van der Waals surface area contributed by atoms with Gasteiger partial charge in [0.25, 0.3) is 0 Å². The van der Waals surface area contributed by atoms with Crippen LogP contribution in [0.4, 0.5) is 18.9 Å². The predicted molar refractivity (Wildman–Crippen MR) is 78.6 cm³/mol. The molecule has 0 spiro atoms. The summed E-state index contributed by atoms with van der Waals surface area (Å²) in [6.45, 7) is 1.81. The van der Waals surface area contributed by atoms with Gasteiger partial charge in [0.15, 0.2) is 0 Å². The van der Waals surface area contributed by atoms with Crippen molar-refractivity contribution in [3.05, 3.63) is 28.2 Å². The van der Waals surface area contributed by atoms with E-state index in [0.29, 0.717) is 5.69 Å². The van der Waals surface area contributed by atoms with Crippen LogP contribution in [0, 0.1) is 6.92 Å². The molecule has 20 heavy (non-hydrogen) atoms. The van der Waals surface area contributed by atoms with E-state index in [4.69, 9.17) is 5.73 Å². The highest BCUT2D eigenvalue weighted by Gasteiger charge is 2.28. The zero-order valence-corrected chi connectivity index (χ0v) is 13.0. The fraction of sp³-hybridized carbons (Fsp3) is 0.417. The van der Waals surface area contributed by atoms with Gasteiger partial charge in [-0.3, -0.25) is 4.79 Å². The van der Waals surface area contributed by atoms with Gasteiger partial charge in [0.1, 0.15) is 0 Å². The highest BCUT2D eigenvalue weighted by Crippen LogP contribution is 2.30. The first-order valence-electron chi connectivity index (χ1n) is 5.72. The Balaban J connectivity index is 2.49. The van der Waals surface area contributed by atoms with Gasteiger partial charge in [-0.15, -0.1) is 0 Å². The number of carbonyl (C=O) groups excluding carboxylic acids is 1. The predicted octanol–water partition coefficient (Wildman–Crippen LogP) is 3.67. The molecule has 0 aromatic heterocycles. The van der Waals surface area contributed by atoms with Crippen molar-refractivity contribution >= 4 is 39.3 Å². The molecule has 8 heteroatoms. The first-order valence-corrected chi connectivity index (χ1v) is 7.50. The van der Waals surface area contributed by atoms with Gasteiger partial charge in [-0.1, -0.05) is 27.7 Å². The molecule has 1 aromatic rings. The number of amides is 1.